The SMILES string of the molecule is CC1Cc2cc(S(=O)(=O)ON(C)C(=O)C3CCCCC3)ccc2C1C. The van der Waals surface area contributed by atoms with Gasteiger partial charge in [0.15, 0.2) is 0 Å². The Morgan fingerprint density at radius 1 is 1.16 bits per heavy atom. The Hall–Kier alpha value is -1.40. The van der Waals surface area contributed by atoms with Crippen LogP contribution in [0, 0.1) is 11.8 Å². The summed E-state index contributed by atoms with van der Waals surface area (Å²) in [5.74, 6) is 0.565. The molecule has 1 aromatic rings. The van der Waals surface area contributed by atoms with Crippen molar-refractivity contribution >= 4 is 16.0 Å². The molecule has 6 heteroatoms. The van der Waals surface area contributed by atoms with E-state index in [1.807, 2.05) is 6.07 Å². The van der Waals surface area contributed by atoms with Crippen LogP contribution in [0.5, 0.6) is 0 Å². The van der Waals surface area contributed by atoms with Crippen molar-refractivity contribution in [1.29, 1.82) is 0 Å². The number of carbonyl (C=O) groups is 1. The van der Waals surface area contributed by atoms with Crippen LogP contribution >= 0.6 is 0 Å². The third kappa shape index (κ3) is 3.75. The van der Waals surface area contributed by atoms with E-state index in [-0.39, 0.29) is 16.7 Å². The molecule has 1 aromatic carbocycles. The van der Waals surface area contributed by atoms with Gasteiger partial charge in [0, 0.05) is 13.0 Å². The summed E-state index contributed by atoms with van der Waals surface area (Å²) in [5.41, 5.74) is 2.27. The standard InChI is InChI=1S/C19H27NO4S/c1-13-11-16-12-17(9-10-18(16)14(13)2)25(22,23)24-20(3)19(21)15-7-5-4-6-8-15/h9-10,12-15H,4-8,11H2,1-3H3. The van der Waals surface area contributed by atoms with Crippen LogP contribution in [0.1, 0.15) is 63.0 Å². The first-order valence-electron chi connectivity index (χ1n) is 9.14. The topological polar surface area (TPSA) is 63.7 Å². The van der Waals surface area contributed by atoms with Gasteiger partial charge in [-0.05, 0) is 54.4 Å². The van der Waals surface area contributed by atoms with Crippen LogP contribution in [-0.2, 0) is 25.6 Å². The molecule has 0 spiro atoms. The number of hydrogen-bond acceptors (Lipinski definition) is 4. The third-order valence-corrected chi connectivity index (χ3v) is 7.01. The molecule has 2 aliphatic carbocycles. The van der Waals surface area contributed by atoms with Gasteiger partial charge in [-0.3, -0.25) is 4.79 Å². The van der Waals surface area contributed by atoms with Gasteiger partial charge < -0.3 is 0 Å². The van der Waals surface area contributed by atoms with Crippen LogP contribution in [-0.4, -0.2) is 26.4 Å². The van der Waals surface area contributed by atoms with Gasteiger partial charge in [-0.1, -0.05) is 39.2 Å². The minimum Gasteiger partial charge on any atom is -0.272 e. The maximum atomic E-state index is 12.6. The van der Waals surface area contributed by atoms with Crippen LogP contribution in [0.25, 0.3) is 0 Å². The van der Waals surface area contributed by atoms with E-state index in [0.29, 0.717) is 11.8 Å². The van der Waals surface area contributed by atoms with E-state index in [2.05, 4.69) is 13.8 Å². The third-order valence-electron chi connectivity index (χ3n) is 5.76. The van der Waals surface area contributed by atoms with Crippen molar-refractivity contribution in [1.82, 2.24) is 5.06 Å². The second-order valence-corrected chi connectivity index (χ2v) is 9.06. The van der Waals surface area contributed by atoms with Crippen molar-refractivity contribution in [3.05, 3.63) is 29.3 Å². The lowest BCUT2D eigenvalue weighted by Gasteiger charge is -2.25. The van der Waals surface area contributed by atoms with E-state index in [9.17, 15) is 13.2 Å². The molecule has 0 aliphatic heterocycles. The lowest BCUT2D eigenvalue weighted by molar-refractivity contribution is -0.157. The Labute approximate surface area is 150 Å². The molecule has 0 heterocycles. The molecule has 2 aliphatic rings. The Kier molecular flexibility index (Phi) is 5.21. The Morgan fingerprint density at radius 2 is 1.84 bits per heavy atom. The lowest BCUT2D eigenvalue weighted by Crippen LogP contribution is -2.35. The molecule has 1 saturated carbocycles. The molecule has 0 radical (unpaired) electrons. The summed E-state index contributed by atoms with van der Waals surface area (Å²) >= 11 is 0. The predicted molar refractivity (Wildman–Crippen MR) is 95.3 cm³/mol. The second kappa shape index (κ2) is 7.08. The highest BCUT2D eigenvalue weighted by Crippen LogP contribution is 2.38. The minimum atomic E-state index is -3.99. The maximum absolute atomic E-state index is 12.6. The number of benzene rings is 1. The van der Waals surface area contributed by atoms with Gasteiger partial charge in [-0.25, -0.2) is 5.06 Å². The number of nitrogens with zero attached hydrogens (tertiary/aromatic N) is 1. The average Bonchev–Trinajstić information content (AvgIpc) is 2.88. The summed E-state index contributed by atoms with van der Waals surface area (Å²) in [6.07, 6.45) is 5.65. The van der Waals surface area contributed by atoms with E-state index < -0.39 is 10.1 Å². The number of fused-ring (bicyclic) bond motifs is 1. The summed E-state index contributed by atoms with van der Waals surface area (Å²) in [6.45, 7) is 4.34. The zero-order valence-corrected chi connectivity index (χ0v) is 16.0. The first kappa shape index (κ1) is 18.4. The summed E-state index contributed by atoms with van der Waals surface area (Å²) in [5, 5.41) is 0.907. The highest BCUT2D eigenvalue weighted by molar-refractivity contribution is 7.86. The lowest BCUT2D eigenvalue weighted by atomic mass is 9.89. The molecule has 2 atom stereocenters. The van der Waals surface area contributed by atoms with Crippen molar-refractivity contribution in [2.75, 3.05) is 7.05 Å². The van der Waals surface area contributed by atoms with E-state index in [1.165, 1.54) is 12.6 Å². The summed E-state index contributed by atoms with van der Waals surface area (Å²) in [6, 6.07) is 5.16. The Morgan fingerprint density at radius 3 is 2.52 bits per heavy atom. The van der Waals surface area contributed by atoms with Gasteiger partial charge in [0.25, 0.3) is 0 Å². The highest BCUT2D eigenvalue weighted by atomic mass is 32.2. The molecule has 0 bridgehead atoms. The van der Waals surface area contributed by atoms with E-state index >= 15 is 0 Å². The molecular formula is C19H27NO4S. The van der Waals surface area contributed by atoms with Crippen molar-refractivity contribution < 1.29 is 17.5 Å². The Bertz CT molecular complexity index is 753. The van der Waals surface area contributed by atoms with Crippen molar-refractivity contribution in [3.8, 4) is 0 Å². The fourth-order valence-corrected chi connectivity index (χ4v) is 5.00. The molecule has 0 N–H and O–H groups in total. The van der Waals surface area contributed by atoms with Crippen LogP contribution < -0.4 is 0 Å². The quantitative estimate of drug-likeness (QED) is 0.764. The van der Waals surface area contributed by atoms with Crippen LogP contribution in [0.3, 0.4) is 0 Å². The summed E-state index contributed by atoms with van der Waals surface area (Å²) in [7, 11) is -2.60. The van der Waals surface area contributed by atoms with Gasteiger partial charge in [-0.2, -0.15) is 8.42 Å². The molecule has 5 nitrogen and oxygen atoms in total. The first-order valence-corrected chi connectivity index (χ1v) is 10.6. The number of amides is 1. The van der Waals surface area contributed by atoms with Crippen molar-refractivity contribution in [2.24, 2.45) is 11.8 Å². The maximum Gasteiger partial charge on any atom is 0.317 e. The van der Waals surface area contributed by atoms with Crippen LogP contribution in [0.4, 0.5) is 0 Å². The van der Waals surface area contributed by atoms with Gasteiger partial charge in [0.05, 0.1) is 4.90 Å². The normalized spacial score (nSPS) is 24.1. The molecule has 138 valence electrons. The second-order valence-electron chi connectivity index (χ2n) is 7.53. The summed E-state index contributed by atoms with van der Waals surface area (Å²) < 4.78 is 30.3. The minimum absolute atomic E-state index is 0.121. The van der Waals surface area contributed by atoms with E-state index in [1.54, 1.807) is 12.1 Å². The first-order chi connectivity index (χ1) is 11.8. The van der Waals surface area contributed by atoms with Crippen LogP contribution in [0.15, 0.2) is 23.1 Å². The highest BCUT2D eigenvalue weighted by Gasteiger charge is 2.31. The number of rotatable bonds is 4. The monoisotopic (exact) mass is 365 g/mol. The smallest absolute Gasteiger partial charge is 0.272 e. The molecular weight excluding hydrogens is 338 g/mol. The van der Waals surface area contributed by atoms with Crippen LogP contribution in [0.2, 0.25) is 0 Å². The fourth-order valence-electron chi connectivity index (χ4n) is 4.02. The zero-order chi connectivity index (χ0) is 18.2. The fraction of sp³-hybridized carbons (Fsp3) is 0.632. The van der Waals surface area contributed by atoms with Crippen molar-refractivity contribution in [3.63, 3.8) is 0 Å². The predicted octanol–water partition coefficient (Wildman–Crippen LogP) is 3.64. The van der Waals surface area contributed by atoms with Gasteiger partial charge in [0.2, 0.25) is 5.91 Å². The molecule has 2 unspecified atom stereocenters. The van der Waals surface area contributed by atoms with Crippen molar-refractivity contribution in [2.45, 2.75) is 63.2 Å². The molecule has 1 fully saturated rings. The van der Waals surface area contributed by atoms with Gasteiger partial charge >= 0.3 is 10.1 Å². The van der Waals surface area contributed by atoms with E-state index in [4.69, 9.17) is 4.28 Å². The molecule has 1 amide bonds. The molecule has 0 saturated heterocycles. The molecule has 0 aromatic heterocycles. The number of hydrogen-bond donors (Lipinski definition) is 0. The van der Waals surface area contributed by atoms with E-state index in [0.717, 1.165) is 49.2 Å². The Balaban J connectivity index is 1.74. The summed E-state index contributed by atoms with van der Waals surface area (Å²) in [4.78, 5) is 12.5. The van der Waals surface area contributed by atoms with Gasteiger partial charge in [-0.15, -0.1) is 4.28 Å². The number of hydroxylamine groups is 2. The molecule has 25 heavy (non-hydrogen) atoms. The zero-order valence-electron chi connectivity index (χ0n) is 15.2. The number of carbonyl (C=O) groups excluding carboxylic acids is 1. The average molecular weight is 365 g/mol. The van der Waals surface area contributed by atoms with Gasteiger partial charge in [0.1, 0.15) is 0 Å². The largest absolute Gasteiger partial charge is 0.317 e. The molecule has 3 rings (SSSR count).